The average molecular weight is 480 g/mol. The van der Waals surface area contributed by atoms with Crippen molar-refractivity contribution in [3.63, 3.8) is 0 Å². The zero-order valence-corrected chi connectivity index (χ0v) is 20.2. The number of pyridine rings is 1. The van der Waals surface area contributed by atoms with Gasteiger partial charge in [0.05, 0.1) is 16.6 Å². The van der Waals surface area contributed by atoms with Gasteiger partial charge in [-0.15, -0.1) is 0 Å². The summed E-state index contributed by atoms with van der Waals surface area (Å²) in [5.41, 5.74) is 2.05. The van der Waals surface area contributed by atoms with Crippen LogP contribution in [0.4, 0.5) is 0 Å². The molecule has 3 aromatic heterocycles. The van der Waals surface area contributed by atoms with Crippen molar-refractivity contribution in [3.05, 3.63) is 48.8 Å². The Labute approximate surface area is 198 Å². The first-order valence-electron chi connectivity index (χ1n) is 11.8. The molecule has 1 amide bonds. The smallest absolute Gasteiger partial charge is 0.240 e. The molecule has 0 saturated heterocycles. The van der Waals surface area contributed by atoms with E-state index in [1.165, 1.54) is 0 Å². The second kappa shape index (κ2) is 8.87. The maximum Gasteiger partial charge on any atom is 0.240 e. The first kappa shape index (κ1) is 22.6. The largest absolute Gasteiger partial charge is 0.353 e. The summed E-state index contributed by atoms with van der Waals surface area (Å²) in [6, 6.07) is 10.4. The summed E-state index contributed by atoms with van der Waals surface area (Å²) < 4.78 is 29.3. The fourth-order valence-electron chi connectivity index (χ4n) is 4.94. The summed E-state index contributed by atoms with van der Waals surface area (Å²) in [6.45, 7) is 4.07. The van der Waals surface area contributed by atoms with Gasteiger partial charge in [-0.1, -0.05) is 32.0 Å². The van der Waals surface area contributed by atoms with Crippen molar-refractivity contribution in [2.24, 2.45) is 5.92 Å². The highest BCUT2D eigenvalue weighted by Crippen LogP contribution is 2.37. The van der Waals surface area contributed by atoms with E-state index in [0.29, 0.717) is 23.5 Å². The third-order valence-corrected chi connectivity index (χ3v) is 8.18. The number of rotatable bonds is 6. The molecule has 0 aliphatic heterocycles. The molecule has 8 nitrogen and oxygen atoms in total. The van der Waals surface area contributed by atoms with E-state index in [9.17, 15) is 13.2 Å². The molecule has 2 N–H and O–H groups in total. The SMILES string of the molecule is CC(C)CC(=O)NC1CCC(n2c(S(=O)(=O)c3ccccc3)nc3cnc4[nH]ccc4c32)CC1. The van der Waals surface area contributed by atoms with Gasteiger partial charge >= 0.3 is 0 Å². The van der Waals surface area contributed by atoms with Crippen molar-refractivity contribution >= 4 is 37.8 Å². The quantitative estimate of drug-likeness (QED) is 0.426. The highest BCUT2D eigenvalue weighted by molar-refractivity contribution is 7.91. The van der Waals surface area contributed by atoms with E-state index in [-0.39, 0.29) is 28.0 Å². The number of hydrogen-bond acceptors (Lipinski definition) is 5. The lowest BCUT2D eigenvalue weighted by Gasteiger charge is -2.31. The number of hydrogen-bond donors (Lipinski definition) is 2. The molecule has 0 atom stereocenters. The standard InChI is InChI=1S/C25H29N5O3S/c1-16(2)14-22(31)28-17-8-10-18(11-9-17)30-23-20-12-13-26-24(20)27-15-21(23)29-25(30)34(32,33)19-6-4-3-5-7-19/h3-7,12-13,15-18H,8-11,14H2,1-2H3,(H,26,27)(H,28,31). The van der Waals surface area contributed by atoms with Crippen LogP contribution >= 0.6 is 0 Å². The van der Waals surface area contributed by atoms with Gasteiger partial charge in [0.25, 0.3) is 0 Å². The number of nitrogens with zero attached hydrogens (tertiary/aromatic N) is 3. The number of amides is 1. The summed E-state index contributed by atoms with van der Waals surface area (Å²) in [7, 11) is -3.83. The third kappa shape index (κ3) is 4.09. The van der Waals surface area contributed by atoms with Crippen molar-refractivity contribution in [1.29, 1.82) is 0 Å². The van der Waals surface area contributed by atoms with Crippen LogP contribution in [0.15, 0.2) is 58.8 Å². The number of benzene rings is 1. The van der Waals surface area contributed by atoms with E-state index in [4.69, 9.17) is 0 Å². The number of aromatic nitrogens is 4. The number of carbonyl (C=O) groups excluding carboxylic acids is 1. The predicted octanol–water partition coefficient (Wildman–Crippen LogP) is 4.39. The molecule has 9 heteroatoms. The molecule has 178 valence electrons. The Morgan fingerprint density at radius 1 is 1.15 bits per heavy atom. The van der Waals surface area contributed by atoms with Crippen molar-refractivity contribution < 1.29 is 13.2 Å². The fraction of sp³-hybridized carbons (Fsp3) is 0.400. The number of fused-ring (bicyclic) bond motifs is 3. The Bertz CT molecular complexity index is 1430. The van der Waals surface area contributed by atoms with Gasteiger partial charge in [-0.3, -0.25) is 4.79 Å². The van der Waals surface area contributed by atoms with Gasteiger partial charge in [0.1, 0.15) is 11.2 Å². The molecule has 1 aromatic carbocycles. The average Bonchev–Trinajstić information content (AvgIpc) is 3.44. The van der Waals surface area contributed by atoms with Crippen LogP contribution in [0.25, 0.3) is 22.1 Å². The zero-order chi connectivity index (χ0) is 23.9. The fourth-order valence-corrected chi connectivity index (χ4v) is 6.38. The van der Waals surface area contributed by atoms with Crippen LogP contribution in [-0.2, 0) is 14.6 Å². The number of sulfone groups is 1. The minimum atomic E-state index is -3.83. The van der Waals surface area contributed by atoms with Crippen LogP contribution in [0.2, 0.25) is 0 Å². The zero-order valence-electron chi connectivity index (χ0n) is 19.4. The van der Waals surface area contributed by atoms with Crippen LogP contribution in [0.5, 0.6) is 0 Å². The molecule has 0 radical (unpaired) electrons. The molecular formula is C25H29N5O3S. The molecule has 4 aromatic rings. The highest BCUT2D eigenvalue weighted by Gasteiger charge is 2.33. The lowest BCUT2D eigenvalue weighted by molar-refractivity contribution is -0.122. The molecule has 1 aliphatic rings. The molecular weight excluding hydrogens is 450 g/mol. The first-order chi connectivity index (χ1) is 16.3. The third-order valence-electron chi connectivity index (χ3n) is 6.52. The Balaban J connectivity index is 1.54. The summed E-state index contributed by atoms with van der Waals surface area (Å²) in [4.78, 5) is 24.6. The van der Waals surface area contributed by atoms with E-state index >= 15 is 0 Å². The molecule has 1 aliphatic carbocycles. The van der Waals surface area contributed by atoms with Crippen LogP contribution < -0.4 is 5.32 Å². The Kier molecular flexibility index (Phi) is 5.89. The van der Waals surface area contributed by atoms with Crippen LogP contribution in [0.3, 0.4) is 0 Å². The van der Waals surface area contributed by atoms with Crippen LogP contribution in [0, 0.1) is 5.92 Å². The van der Waals surface area contributed by atoms with Gasteiger partial charge < -0.3 is 14.9 Å². The lowest BCUT2D eigenvalue weighted by Crippen LogP contribution is -2.38. The monoisotopic (exact) mass is 479 g/mol. The van der Waals surface area contributed by atoms with Crippen molar-refractivity contribution in [2.45, 2.75) is 68.1 Å². The van der Waals surface area contributed by atoms with Crippen molar-refractivity contribution in [1.82, 2.24) is 24.8 Å². The first-order valence-corrected chi connectivity index (χ1v) is 13.3. The van der Waals surface area contributed by atoms with Gasteiger partial charge in [-0.2, -0.15) is 0 Å². The number of imidazole rings is 1. The van der Waals surface area contributed by atoms with E-state index in [1.807, 2.05) is 24.5 Å². The Hall–Kier alpha value is -3.20. The van der Waals surface area contributed by atoms with Gasteiger partial charge in [-0.25, -0.2) is 18.4 Å². The molecule has 1 saturated carbocycles. The van der Waals surface area contributed by atoms with Gasteiger partial charge in [0, 0.05) is 30.1 Å². The normalized spacial score (nSPS) is 19.1. The van der Waals surface area contributed by atoms with Crippen molar-refractivity contribution in [3.8, 4) is 0 Å². The minimum Gasteiger partial charge on any atom is -0.353 e. The van der Waals surface area contributed by atoms with E-state index in [0.717, 1.165) is 36.6 Å². The topological polar surface area (TPSA) is 110 Å². The van der Waals surface area contributed by atoms with E-state index in [1.54, 1.807) is 42.7 Å². The van der Waals surface area contributed by atoms with Crippen LogP contribution in [0.1, 0.15) is 52.0 Å². The molecule has 0 spiro atoms. The summed E-state index contributed by atoms with van der Waals surface area (Å²) >= 11 is 0. The Morgan fingerprint density at radius 3 is 2.59 bits per heavy atom. The van der Waals surface area contributed by atoms with E-state index < -0.39 is 9.84 Å². The van der Waals surface area contributed by atoms with Gasteiger partial charge in [0.2, 0.25) is 20.9 Å². The molecule has 0 bridgehead atoms. The molecule has 34 heavy (non-hydrogen) atoms. The summed E-state index contributed by atoms with van der Waals surface area (Å²) in [6.07, 6.45) is 7.05. The number of aromatic amines is 1. The van der Waals surface area contributed by atoms with E-state index in [2.05, 4.69) is 20.3 Å². The number of H-pyrrole nitrogens is 1. The predicted molar refractivity (Wildman–Crippen MR) is 130 cm³/mol. The van der Waals surface area contributed by atoms with Crippen LogP contribution in [-0.4, -0.2) is 39.9 Å². The molecule has 0 unspecified atom stereocenters. The second-order valence-corrected chi connectivity index (χ2v) is 11.3. The number of carbonyl (C=O) groups is 1. The molecule has 5 rings (SSSR count). The summed E-state index contributed by atoms with van der Waals surface area (Å²) in [5.74, 6) is 0.399. The van der Waals surface area contributed by atoms with Gasteiger partial charge in [-0.05, 0) is 49.8 Å². The molecule has 3 heterocycles. The number of nitrogens with one attached hydrogen (secondary N) is 2. The maximum absolute atomic E-state index is 13.7. The molecule has 1 fully saturated rings. The minimum absolute atomic E-state index is 0.0442. The van der Waals surface area contributed by atoms with Crippen molar-refractivity contribution in [2.75, 3.05) is 0 Å². The maximum atomic E-state index is 13.7. The Morgan fingerprint density at radius 2 is 1.88 bits per heavy atom. The second-order valence-electron chi connectivity index (χ2n) is 9.48. The van der Waals surface area contributed by atoms with Gasteiger partial charge in [0.15, 0.2) is 0 Å². The lowest BCUT2D eigenvalue weighted by atomic mass is 9.90. The summed E-state index contributed by atoms with van der Waals surface area (Å²) in [5, 5.41) is 4.06. The highest BCUT2D eigenvalue weighted by atomic mass is 32.2.